The Balaban J connectivity index is 1.48. The molecule has 31 heavy (non-hydrogen) atoms. The Labute approximate surface area is 181 Å². The minimum atomic E-state index is -0.266. The molecule has 0 radical (unpaired) electrons. The molecule has 1 aliphatic heterocycles. The fourth-order valence-electron chi connectivity index (χ4n) is 3.95. The highest BCUT2D eigenvalue weighted by atomic mass is 16.5. The maximum atomic E-state index is 12.5. The quantitative estimate of drug-likeness (QED) is 0.621. The molecule has 4 heterocycles. The molecule has 0 aliphatic carbocycles. The number of nitrogens with zero attached hydrogens (tertiary/aromatic N) is 6. The van der Waals surface area contributed by atoms with Gasteiger partial charge in [0.1, 0.15) is 17.5 Å². The first kappa shape index (κ1) is 20.8. The van der Waals surface area contributed by atoms with Gasteiger partial charge in [-0.05, 0) is 26.7 Å². The summed E-state index contributed by atoms with van der Waals surface area (Å²) in [5.41, 5.74) is 4.32. The Kier molecular flexibility index (Phi) is 5.38. The molecule has 3 aromatic rings. The molecule has 4 rings (SSSR count). The second-order valence-electron chi connectivity index (χ2n) is 8.32. The molecule has 164 valence electrons. The zero-order valence-electron chi connectivity index (χ0n) is 18.7. The highest BCUT2D eigenvalue weighted by Gasteiger charge is 2.35. The van der Waals surface area contributed by atoms with E-state index in [1.165, 1.54) is 0 Å². The van der Waals surface area contributed by atoms with E-state index in [0.717, 1.165) is 34.1 Å². The number of nitrogens with one attached hydrogen (secondary N) is 2. The van der Waals surface area contributed by atoms with Gasteiger partial charge in [0, 0.05) is 30.9 Å². The topological polar surface area (TPSA) is 114 Å². The third-order valence-electron chi connectivity index (χ3n) is 5.61. The smallest absolute Gasteiger partial charge is 0.247 e. The van der Waals surface area contributed by atoms with Gasteiger partial charge in [-0.15, -0.1) is 0 Å². The second-order valence-corrected chi connectivity index (χ2v) is 8.32. The van der Waals surface area contributed by atoms with Crippen molar-refractivity contribution in [3.8, 4) is 0 Å². The average molecular weight is 425 g/mol. The van der Waals surface area contributed by atoms with Gasteiger partial charge in [-0.25, -0.2) is 4.98 Å². The lowest BCUT2D eigenvalue weighted by Gasteiger charge is -2.36. The van der Waals surface area contributed by atoms with Crippen LogP contribution in [0, 0.1) is 26.7 Å². The van der Waals surface area contributed by atoms with Crippen molar-refractivity contribution >= 4 is 23.4 Å². The van der Waals surface area contributed by atoms with Gasteiger partial charge in [0.25, 0.3) is 0 Å². The molecule has 0 saturated carbocycles. The Bertz CT molecular complexity index is 1100. The zero-order valence-corrected chi connectivity index (χ0v) is 18.7. The summed E-state index contributed by atoms with van der Waals surface area (Å²) in [6.45, 7) is 10.9. The number of carbonyl (C=O) groups excluding carboxylic acids is 1. The molecule has 0 saturated heterocycles. The molecule has 1 unspecified atom stereocenters. The number of anilines is 3. The first-order valence-corrected chi connectivity index (χ1v) is 10.3. The van der Waals surface area contributed by atoms with Crippen molar-refractivity contribution in [2.75, 3.05) is 22.6 Å². The van der Waals surface area contributed by atoms with E-state index in [4.69, 9.17) is 4.52 Å². The highest BCUT2D eigenvalue weighted by molar-refractivity contribution is 6.03. The molecule has 0 aromatic carbocycles. The van der Waals surface area contributed by atoms with Gasteiger partial charge >= 0.3 is 0 Å². The van der Waals surface area contributed by atoms with Gasteiger partial charge in [0.15, 0.2) is 5.82 Å². The fourth-order valence-corrected chi connectivity index (χ4v) is 3.95. The number of rotatable bonds is 6. The molecule has 0 spiro atoms. The molecule has 10 heteroatoms. The van der Waals surface area contributed by atoms with Crippen molar-refractivity contribution < 1.29 is 9.32 Å². The minimum absolute atomic E-state index is 0.0249. The number of carbonyl (C=O) groups is 1. The number of aryl methyl sites for hydroxylation is 3. The Hall–Kier alpha value is -3.43. The van der Waals surface area contributed by atoms with Crippen molar-refractivity contribution in [2.24, 2.45) is 5.92 Å². The van der Waals surface area contributed by atoms with Gasteiger partial charge in [0.2, 0.25) is 11.9 Å². The third-order valence-corrected chi connectivity index (χ3v) is 5.61. The normalized spacial score (nSPS) is 15.9. The number of hydrogen-bond donors (Lipinski definition) is 2. The lowest BCUT2D eigenvalue weighted by atomic mass is 9.99. The summed E-state index contributed by atoms with van der Waals surface area (Å²) in [7, 11) is 1.90. The fraction of sp³-hybridized carbons (Fsp3) is 0.476. The molecule has 1 amide bonds. The summed E-state index contributed by atoms with van der Waals surface area (Å²) in [6.07, 6.45) is 3.79. The first-order chi connectivity index (χ1) is 14.7. The minimum Gasteiger partial charge on any atom is -0.361 e. The number of hydrogen-bond acceptors (Lipinski definition) is 8. The zero-order chi connectivity index (χ0) is 22.3. The van der Waals surface area contributed by atoms with Gasteiger partial charge in [-0.1, -0.05) is 19.0 Å². The Morgan fingerprint density at radius 2 is 2.00 bits per heavy atom. The SMILES string of the molecule is Cc1noc(C)c1Cn1cc(CNc2nc(C)c3c(n2)N(C)C(C(C)C)C(=O)N3)cn1. The lowest BCUT2D eigenvalue weighted by Crippen LogP contribution is -2.49. The van der Waals surface area contributed by atoms with Crippen molar-refractivity contribution in [1.29, 1.82) is 0 Å². The van der Waals surface area contributed by atoms with Gasteiger partial charge in [0.05, 0.1) is 24.1 Å². The third kappa shape index (κ3) is 3.97. The van der Waals surface area contributed by atoms with Crippen molar-refractivity contribution in [1.82, 2.24) is 24.9 Å². The average Bonchev–Trinajstić information content (AvgIpc) is 3.29. The number of aromatic nitrogens is 5. The second kappa shape index (κ2) is 8.01. The van der Waals surface area contributed by atoms with Gasteiger partial charge in [-0.2, -0.15) is 10.1 Å². The maximum absolute atomic E-state index is 12.5. The Morgan fingerprint density at radius 3 is 2.68 bits per heavy atom. The predicted molar refractivity (Wildman–Crippen MR) is 117 cm³/mol. The molecule has 0 fully saturated rings. The molecular formula is C21H28N8O2. The summed E-state index contributed by atoms with van der Waals surface area (Å²) in [5.74, 6) is 2.18. The molecule has 1 aliphatic rings. The van der Waals surface area contributed by atoms with Crippen LogP contribution in [-0.2, 0) is 17.9 Å². The summed E-state index contributed by atoms with van der Waals surface area (Å²) < 4.78 is 7.08. The van der Waals surface area contributed by atoms with E-state index >= 15 is 0 Å². The first-order valence-electron chi connectivity index (χ1n) is 10.3. The van der Waals surface area contributed by atoms with E-state index in [2.05, 4.69) is 30.9 Å². The summed E-state index contributed by atoms with van der Waals surface area (Å²) in [4.78, 5) is 23.6. The van der Waals surface area contributed by atoms with Crippen LogP contribution in [0.5, 0.6) is 0 Å². The van der Waals surface area contributed by atoms with Crippen molar-refractivity contribution in [3.63, 3.8) is 0 Å². The van der Waals surface area contributed by atoms with Crippen LogP contribution in [0.15, 0.2) is 16.9 Å². The van der Waals surface area contributed by atoms with Crippen LogP contribution >= 0.6 is 0 Å². The Morgan fingerprint density at radius 1 is 1.23 bits per heavy atom. The largest absolute Gasteiger partial charge is 0.361 e. The van der Waals surface area contributed by atoms with Crippen LogP contribution in [0.1, 0.15) is 42.1 Å². The monoisotopic (exact) mass is 424 g/mol. The molecule has 2 N–H and O–H groups in total. The van der Waals surface area contributed by atoms with E-state index in [1.807, 2.05) is 63.6 Å². The number of fused-ring (bicyclic) bond motifs is 1. The van der Waals surface area contributed by atoms with Gasteiger partial charge in [-0.3, -0.25) is 9.48 Å². The van der Waals surface area contributed by atoms with Crippen LogP contribution in [0.4, 0.5) is 17.5 Å². The molecule has 3 aromatic heterocycles. The maximum Gasteiger partial charge on any atom is 0.247 e. The van der Waals surface area contributed by atoms with Crippen LogP contribution < -0.4 is 15.5 Å². The summed E-state index contributed by atoms with van der Waals surface area (Å²) in [5, 5.41) is 14.7. The number of amides is 1. The van der Waals surface area contributed by atoms with E-state index < -0.39 is 0 Å². The summed E-state index contributed by atoms with van der Waals surface area (Å²) >= 11 is 0. The molecular weight excluding hydrogens is 396 g/mol. The van der Waals surface area contributed by atoms with Crippen LogP contribution in [0.2, 0.25) is 0 Å². The van der Waals surface area contributed by atoms with E-state index in [-0.39, 0.29) is 17.9 Å². The molecule has 1 atom stereocenters. The van der Waals surface area contributed by atoms with E-state index in [1.54, 1.807) is 0 Å². The van der Waals surface area contributed by atoms with Gasteiger partial charge < -0.3 is 20.1 Å². The van der Waals surface area contributed by atoms with Crippen LogP contribution in [0.25, 0.3) is 0 Å². The predicted octanol–water partition coefficient (Wildman–Crippen LogP) is 2.66. The molecule has 10 nitrogen and oxygen atoms in total. The standard InChI is InChI=1S/C21H28N8O2/c1-11(2)18-20(30)25-17-13(4)24-21(26-19(17)28(18)6)22-7-15-8-23-29(9-15)10-16-12(3)27-31-14(16)5/h8-9,11,18H,7,10H2,1-6H3,(H,25,30)(H,22,24,26). The molecule has 0 bridgehead atoms. The highest BCUT2D eigenvalue weighted by Crippen LogP contribution is 2.34. The van der Waals surface area contributed by atoms with Crippen molar-refractivity contribution in [3.05, 3.63) is 40.7 Å². The van der Waals surface area contributed by atoms with Crippen LogP contribution in [-0.4, -0.2) is 43.9 Å². The van der Waals surface area contributed by atoms with Crippen molar-refractivity contribution in [2.45, 2.75) is 53.8 Å². The number of likely N-dealkylation sites (N-methyl/N-ethyl adjacent to an activating group) is 1. The van der Waals surface area contributed by atoms with E-state index in [0.29, 0.717) is 24.7 Å². The summed E-state index contributed by atoms with van der Waals surface area (Å²) in [6, 6.07) is -0.266. The van der Waals surface area contributed by atoms with Crippen LogP contribution in [0.3, 0.4) is 0 Å². The van der Waals surface area contributed by atoms with E-state index in [9.17, 15) is 4.79 Å². The lowest BCUT2D eigenvalue weighted by molar-refractivity contribution is -0.118.